The lowest BCUT2D eigenvalue weighted by molar-refractivity contribution is -0.133. The molecule has 11 heteroatoms. The Morgan fingerprint density at radius 2 is 1.34 bits per heavy atom. The van der Waals surface area contributed by atoms with Gasteiger partial charge < -0.3 is 20.1 Å². The number of ether oxygens (including phenoxy) is 2. The van der Waals surface area contributed by atoms with Crippen molar-refractivity contribution in [3.63, 3.8) is 0 Å². The third-order valence-electron chi connectivity index (χ3n) is 6.58. The van der Waals surface area contributed by atoms with Crippen molar-refractivity contribution in [2.75, 3.05) is 13.2 Å². The van der Waals surface area contributed by atoms with Crippen LogP contribution in [0.4, 0.5) is 13.2 Å². The Hall–Kier alpha value is -2.65. The number of hydrogen-bond donors (Lipinski definition) is 2. The molecule has 2 amide bonds. The Morgan fingerprint density at radius 3 is 1.80 bits per heavy atom. The van der Waals surface area contributed by atoms with Crippen molar-refractivity contribution in [1.29, 1.82) is 0 Å². The summed E-state index contributed by atoms with van der Waals surface area (Å²) in [5.74, 6) is -2.02. The van der Waals surface area contributed by atoms with Crippen LogP contribution in [0.25, 0.3) is 0 Å². The smallest absolute Gasteiger partial charge is 0.258 e. The second-order valence-corrected chi connectivity index (χ2v) is 9.75. The molecule has 6 nitrogen and oxygen atoms in total. The largest absolute Gasteiger partial charge is 0.484 e. The summed E-state index contributed by atoms with van der Waals surface area (Å²) in [5.41, 5.74) is -1.79. The van der Waals surface area contributed by atoms with Gasteiger partial charge in [-0.2, -0.15) is 0 Å². The van der Waals surface area contributed by atoms with Gasteiger partial charge in [0.25, 0.3) is 11.8 Å². The molecular weight excluding hydrogens is 508 g/mol. The van der Waals surface area contributed by atoms with Crippen LogP contribution >= 0.6 is 23.2 Å². The Kier molecular flexibility index (Phi) is 7.38. The predicted molar refractivity (Wildman–Crippen MR) is 124 cm³/mol. The second-order valence-electron chi connectivity index (χ2n) is 8.93. The van der Waals surface area contributed by atoms with Crippen LogP contribution in [0.2, 0.25) is 10.0 Å². The molecule has 0 heterocycles. The van der Waals surface area contributed by atoms with Crippen molar-refractivity contribution < 1.29 is 32.2 Å². The third-order valence-corrected chi connectivity index (χ3v) is 7.20. The maximum Gasteiger partial charge on any atom is 0.258 e. The van der Waals surface area contributed by atoms with Gasteiger partial charge in [-0.15, -0.1) is 0 Å². The molecule has 0 radical (unpaired) electrons. The van der Waals surface area contributed by atoms with Crippen molar-refractivity contribution in [2.24, 2.45) is 0 Å². The molecule has 3 aliphatic rings. The van der Waals surface area contributed by atoms with E-state index in [9.17, 15) is 18.4 Å². The standard InChI is InChI=1S/C24H23Cl2F3N2O4/c25-16-3-1-14(9-18(16)27)34-12-21(32)30-23-5-7-24(8-6-23,20(29)11-23)31-22(33)13-35-15-2-4-17(26)19(28)10-15/h1-4,9-10,20H,5-8,11-13H2,(H,30,32)(H,31,33). The SMILES string of the molecule is O=C(COc1ccc(Cl)c(F)c1)NC12CCC(NC(=O)COc3ccc(Cl)c(F)c3)(CC1)C(F)C2. The first-order valence-electron chi connectivity index (χ1n) is 11.0. The fourth-order valence-corrected chi connectivity index (χ4v) is 4.92. The number of carbonyl (C=O) groups is 2. The molecule has 188 valence electrons. The summed E-state index contributed by atoms with van der Waals surface area (Å²) >= 11 is 11.3. The normalized spacial score (nSPS) is 25.1. The van der Waals surface area contributed by atoms with Crippen molar-refractivity contribution in [3.8, 4) is 11.5 Å². The maximum absolute atomic E-state index is 15.2. The van der Waals surface area contributed by atoms with Crippen LogP contribution in [0.1, 0.15) is 32.1 Å². The van der Waals surface area contributed by atoms with Crippen molar-refractivity contribution in [1.82, 2.24) is 10.6 Å². The van der Waals surface area contributed by atoms with Gasteiger partial charge in [0.1, 0.15) is 29.3 Å². The molecule has 2 bridgehead atoms. The van der Waals surface area contributed by atoms with E-state index in [1.165, 1.54) is 24.3 Å². The van der Waals surface area contributed by atoms with Crippen LogP contribution in [0.5, 0.6) is 11.5 Å². The van der Waals surface area contributed by atoms with Crippen LogP contribution in [0.15, 0.2) is 36.4 Å². The number of nitrogens with one attached hydrogen (secondary N) is 2. The van der Waals surface area contributed by atoms with Crippen molar-refractivity contribution in [2.45, 2.75) is 49.4 Å². The van der Waals surface area contributed by atoms with Crippen molar-refractivity contribution in [3.05, 3.63) is 58.1 Å². The van der Waals surface area contributed by atoms with Crippen LogP contribution in [0.3, 0.4) is 0 Å². The van der Waals surface area contributed by atoms with E-state index in [-0.39, 0.29) is 34.6 Å². The maximum atomic E-state index is 15.2. The van der Waals surface area contributed by atoms with Gasteiger partial charge >= 0.3 is 0 Å². The zero-order valence-corrected chi connectivity index (χ0v) is 20.0. The first kappa shape index (κ1) is 25.4. The molecule has 1 unspecified atom stereocenters. The highest BCUT2D eigenvalue weighted by molar-refractivity contribution is 6.31. The molecular formula is C24H23Cl2F3N2O4. The minimum Gasteiger partial charge on any atom is -0.484 e. The van der Waals surface area contributed by atoms with Gasteiger partial charge in [-0.3, -0.25) is 9.59 Å². The van der Waals surface area contributed by atoms with Crippen LogP contribution in [0, 0.1) is 11.6 Å². The summed E-state index contributed by atoms with van der Waals surface area (Å²) in [5, 5.41) is 5.50. The lowest BCUT2D eigenvalue weighted by Gasteiger charge is -2.55. The number of carbonyl (C=O) groups excluding carboxylic acids is 2. The van der Waals surface area contributed by atoms with E-state index >= 15 is 4.39 Å². The molecule has 0 spiro atoms. The number of rotatable bonds is 8. The molecule has 0 aliphatic heterocycles. The monoisotopic (exact) mass is 530 g/mol. The highest BCUT2D eigenvalue weighted by Crippen LogP contribution is 2.48. The van der Waals surface area contributed by atoms with E-state index in [2.05, 4.69) is 10.6 Å². The molecule has 0 saturated heterocycles. The summed E-state index contributed by atoms with van der Waals surface area (Å²) in [7, 11) is 0. The number of alkyl halides is 1. The molecule has 0 aromatic heterocycles. The van der Waals surface area contributed by atoms with Crippen LogP contribution < -0.4 is 20.1 Å². The number of hydrogen-bond acceptors (Lipinski definition) is 4. The van der Waals surface area contributed by atoms with E-state index in [4.69, 9.17) is 32.7 Å². The quantitative estimate of drug-likeness (QED) is 0.516. The van der Waals surface area contributed by atoms with Gasteiger partial charge in [-0.25, -0.2) is 13.2 Å². The second kappa shape index (κ2) is 10.1. The molecule has 3 fully saturated rings. The molecule has 35 heavy (non-hydrogen) atoms. The lowest BCUT2D eigenvalue weighted by Crippen LogP contribution is -2.69. The molecule has 3 saturated carbocycles. The summed E-state index contributed by atoms with van der Waals surface area (Å²) in [6.07, 6.45) is 0.264. The third kappa shape index (κ3) is 5.78. The first-order chi connectivity index (χ1) is 16.6. The molecule has 3 aliphatic carbocycles. The Bertz CT molecular complexity index is 1130. The van der Waals surface area contributed by atoms with Gasteiger partial charge in [0.15, 0.2) is 13.2 Å². The van der Waals surface area contributed by atoms with Gasteiger partial charge in [0.2, 0.25) is 0 Å². The summed E-state index contributed by atoms with van der Waals surface area (Å²) in [6, 6.07) is 7.66. The Labute approximate surface area is 210 Å². The molecule has 2 N–H and O–H groups in total. The van der Waals surface area contributed by atoms with Gasteiger partial charge in [0, 0.05) is 24.1 Å². The highest BCUT2D eigenvalue weighted by Gasteiger charge is 2.56. The Morgan fingerprint density at radius 1 is 0.857 bits per heavy atom. The fourth-order valence-electron chi connectivity index (χ4n) is 4.69. The topological polar surface area (TPSA) is 76.7 Å². The average molecular weight is 531 g/mol. The zero-order chi connectivity index (χ0) is 25.2. The van der Waals surface area contributed by atoms with Gasteiger partial charge in [-0.05, 0) is 49.9 Å². The number of benzene rings is 2. The number of amides is 2. The molecule has 2 aromatic carbocycles. The van der Waals surface area contributed by atoms with Gasteiger partial charge in [-0.1, -0.05) is 23.2 Å². The van der Waals surface area contributed by atoms with E-state index < -0.39 is 47.3 Å². The first-order valence-corrected chi connectivity index (χ1v) is 11.8. The average Bonchev–Trinajstić information content (AvgIpc) is 2.82. The Balaban J connectivity index is 1.28. The fraction of sp³-hybridized carbons (Fsp3) is 0.417. The lowest BCUT2D eigenvalue weighted by atomic mass is 9.60. The molecule has 1 atom stereocenters. The number of halogens is 5. The van der Waals surface area contributed by atoms with E-state index in [1.807, 2.05) is 0 Å². The molecule has 5 rings (SSSR count). The summed E-state index contributed by atoms with van der Waals surface area (Å²) in [4.78, 5) is 24.9. The van der Waals surface area contributed by atoms with Crippen LogP contribution in [-0.2, 0) is 9.59 Å². The van der Waals surface area contributed by atoms with Crippen LogP contribution in [-0.4, -0.2) is 42.3 Å². The molecule has 2 aromatic rings. The number of fused-ring (bicyclic) bond motifs is 3. The highest BCUT2D eigenvalue weighted by atomic mass is 35.5. The summed E-state index contributed by atoms with van der Waals surface area (Å²) < 4.78 is 52.9. The predicted octanol–water partition coefficient (Wildman–Crippen LogP) is 4.76. The summed E-state index contributed by atoms with van der Waals surface area (Å²) in [6.45, 7) is -0.760. The van der Waals surface area contributed by atoms with Crippen molar-refractivity contribution >= 4 is 35.0 Å². The minimum absolute atomic E-state index is 0.0395. The minimum atomic E-state index is -1.38. The van der Waals surface area contributed by atoms with E-state index in [0.29, 0.717) is 25.7 Å². The zero-order valence-electron chi connectivity index (χ0n) is 18.5. The van der Waals surface area contributed by atoms with E-state index in [1.54, 1.807) is 0 Å². The van der Waals surface area contributed by atoms with E-state index in [0.717, 1.165) is 12.1 Å². The van der Waals surface area contributed by atoms with Gasteiger partial charge in [0.05, 0.1) is 15.6 Å².